The Hall–Kier alpha value is -1.84. The quantitative estimate of drug-likeness (QED) is 0.786. The number of benzene rings is 1. The zero-order valence-corrected chi connectivity index (χ0v) is 9.47. The molecule has 0 bridgehead atoms. The summed E-state index contributed by atoms with van der Waals surface area (Å²) in [5.41, 5.74) is 0.484. The van der Waals surface area contributed by atoms with Crippen molar-refractivity contribution in [2.24, 2.45) is 0 Å². The minimum absolute atomic E-state index is 0.261. The molecule has 4 heteroatoms. The minimum Gasteiger partial charge on any atom is -0.449 e. The van der Waals surface area contributed by atoms with Crippen LogP contribution in [0.15, 0.2) is 30.3 Å². The van der Waals surface area contributed by atoms with E-state index in [-0.39, 0.29) is 12.5 Å². The van der Waals surface area contributed by atoms with E-state index in [9.17, 15) is 9.59 Å². The molecule has 4 nitrogen and oxygen atoms in total. The van der Waals surface area contributed by atoms with Gasteiger partial charge in [-0.05, 0) is 26.0 Å². The van der Waals surface area contributed by atoms with E-state index in [0.717, 1.165) is 4.90 Å². The van der Waals surface area contributed by atoms with Gasteiger partial charge in [0.05, 0.1) is 6.61 Å². The fourth-order valence-corrected chi connectivity index (χ4v) is 1.29. The van der Waals surface area contributed by atoms with E-state index in [1.165, 1.54) is 0 Å². The van der Waals surface area contributed by atoms with Gasteiger partial charge >= 0.3 is 6.09 Å². The molecular weight excluding hydrogens is 206 g/mol. The maximum absolute atomic E-state index is 11.9. The van der Waals surface area contributed by atoms with Crippen molar-refractivity contribution in [3.8, 4) is 0 Å². The minimum atomic E-state index is -0.598. The van der Waals surface area contributed by atoms with Gasteiger partial charge in [-0.15, -0.1) is 0 Å². The average molecular weight is 221 g/mol. The van der Waals surface area contributed by atoms with Crippen LogP contribution < -0.4 is 0 Å². The van der Waals surface area contributed by atoms with E-state index in [2.05, 4.69) is 0 Å². The predicted octanol–water partition coefficient (Wildman–Crippen LogP) is 2.31. The Balaban J connectivity index is 2.82. The van der Waals surface area contributed by atoms with Crippen LogP contribution in [0.25, 0.3) is 0 Å². The molecule has 0 aliphatic carbocycles. The molecule has 2 amide bonds. The lowest BCUT2D eigenvalue weighted by molar-refractivity contribution is 0.0683. The molecule has 0 aromatic heterocycles. The van der Waals surface area contributed by atoms with Crippen molar-refractivity contribution >= 4 is 12.0 Å². The number of ether oxygens (including phenoxy) is 1. The van der Waals surface area contributed by atoms with Gasteiger partial charge in [0.15, 0.2) is 0 Å². The zero-order valence-electron chi connectivity index (χ0n) is 9.47. The van der Waals surface area contributed by atoms with Gasteiger partial charge in [-0.25, -0.2) is 9.69 Å². The molecule has 16 heavy (non-hydrogen) atoms. The number of nitrogens with zero attached hydrogens (tertiary/aromatic N) is 1. The predicted molar refractivity (Wildman–Crippen MR) is 60.2 cm³/mol. The third-order valence-corrected chi connectivity index (χ3v) is 2.07. The van der Waals surface area contributed by atoms with E-state index < -0.39 is 6.09 Å². The van der Waals surface area contributed by atoms with Crippen molar-refractivity contribution in [2.45, 2.75) is 13.8 Å². The SMILES string of the molecule is CCOC(=O)N(CC)C(=O)c1ccccc1. The highest BCUT2D eigenvalue weighted by Gasteiger charge is 2.21. The van der Waals surface area contributed by atoms with Crippen LogP contribution in [-0.4, -0.2) is 30.1 Å². The summed E-state index contributed by atoms with van der Waals surface area (Å²) in [6.07, 6.45) is -0.598. The molecule has 0 saturated carbocycles. The maximum Gasteiger partial charge on any atom is 0.416 e. The van der Waals surface area contributed by atoms with E-state index >= 15 is 0 Å². The Morgan fingerprint density at radius 2 is 1.81 bits per heavy atom. The number of hydrogen-bond acceptors (Lipinski definition) is 3. The van der Waals surface area contributed by atoms with Crippen LogP contribution in [0.1, 0.15) is 24.2 Å². The second-order valence-corrected chi connectivity index (χ2v) is 3.11. The monoisotopic (exact) mass is 221 g/mol. The van der Waals surface area contributed by atoms with Crippen LogP contribution in [-0.2, 0) is 4.74 Å². The molecule has 0 heterocycles. The molecule has 0 spiro atoms. The van der Waals surface area contributed by atoms with Crippen LogP contribution in [0.5, 0.6) is 0 Å². The van der Waals surface area contributed by atoms with Crippen molar-refractivity contribution in [3.63, 3.8) is 0 Å². The van der Waals surface area contributed by atoms with Gasteiger partial charge in [0.25, 0.3) is 5.91 Å². The van der Waals surface area contributed by atoms with E-state index in [1.807, 2.05) is 6.07 Å². The number of hydrogen-bond donors (Lipinski definition) is 0. The summed E-state index contributed by atoms with van der Waals surface area (Å²) in [7, 11) is 0. The summed E-state index contributed by atoms with van der Waals surface area (Å²) in [5, 5.41) is 0. The van der Waals surface area contributed by atoms with Gasteiger partial charge in [0.2, 0.25) is 0 Å². The van der Waals surface area contributed by atoms with Crippen LogP contribution in [0.2, 0.25) is 0 Å². The van der Waals surface area contributed by atoms with Gasteiger partial charge < -0.3 is 4.74 Å². The van der Waals surface area contributed by atoms with Crippen LogP contribution in [0.3, 0.4) is 0 Å². The van der Waals surface area contributed by atoms with Crippen molar-refractivity contribution in [3.05, 3.63) is 35.9 Å². The molecule has 0 aliphatic rings. The second kappa shape index (κ2) is 5.90. The number of carbonyl (C=O) groups excluding carboxylic acids is 2. The fraction of sp³-hybridized carbons (Fsp3) is 0.333. The summed E-state index contributed by atoms with van der Waals surface area (Å²) < 4.78 is 4.80. The third kappa shape index (κ3) is 2.82. The summed E-state index contributed by atoms with van der Waals surface area (Å²) >= 11 is 0. The summed E-state index contributed by atoms with van der Waals surface area (Å²) in [6, 6.07) is 8.67. The molecule has 0 unspecified atom stereocenters. The van der Waals surface area contributed by atoms with Gasteiger partial charge in [0, 0.05) is 12.1 Å². The third-order valence-electron chi connectivity index (χ3n) is 2.07. The Kier molecular flexibility index (Phi) is 4.51. The molecule has 0 aliphatic heterocycles. The summed E-state index contributed by atoms with van der Waals surface area (Å²) in [6.45, 7) is 4.00. The molecule has 0 saturated heterocycles. The van der Waals surface area contributed by atoms with Gasteiger partial charge in [-0.1, -0.05) is 18.2 Å². The first kappa shape index (κ1) is 12.2. The molecule has 0 radical (unpaired) electrons. The first-order valence-corrected chi connectivity index (χ1v) is 5.24. The highest BCUT2D eigenvalue weighted by molar-refractivity contribution is 6.02. The number of amides is 2. The lowest BCUT2D eigenvalue weighted by atomic mass is 10.2. The molecule has 0 fully saturated rings. The largest absolute Gasteiger partial charge is 0.449 e. The van der Waals surface area contributed by atoms with Crippen molar-refractivity contribution in [1.82, 2.24) is 4.90 Å². The van der Waals surface area contributed by atoms with Crippen LogP contribution >= 0.6 is 0 Å². The summed E-state index contributed by atoms with van der Waals surface area (Å²) in [5.74, 6) is -0.332. The van der Waals surface area contributed by atoms with Gasteiger partial charge in [-0.2, -0.15) is 0 Å². The molecule has 0 N–H and O–H groups in total. The van der Waals surface area contributed by atoms with Crippen molar-refractivity contribution in [1.29, 1.82) is 0 Å². The normalized spacial score (nSPS) is 9.62. The molecular formula is C12H15NO3. The van der Waals surface area contributed by atoms with Gasteiger partial charge in [-0.3, -0.25) is 4.79 Å². The lowest BCUT2D eigenvalue weighted by Crippen LogP contribution is -2.37. The highest BCUT2D eigenvalue weighted by Crippen LogP contribution is 2.06. The van der Waals surface area contributed by atoms with E-state index in [4.69, 9.17) is 4.74 Å². The Morgan fingerprint density at radius 1 is 1.19 bits per heavy atom. The van der Waals surface area contributed by atoms with E-state index in [1.54, 1.807) is 38.1 Å². The molecule has 1 rings (SSSR count). The van der Waals surface area contributed by atoms with Crippen LogP contribution in [0, 0.1) is 0 Å². The first-order valence-electron chi connectivity index (χ1n) is 5.24. The Morgan fingerprint density at radius 3 is 2.31 bits per heavy atom. The number of imide groups is 1. The van der Waals surface area contributed by atoms with Crippen LogP contribution in [0.4, 0.5) is 4.79 Å². The molecule has 1 aromatic carbocycles. The second-order valence-electron chi connectivity index (χ2n) is 3.11. The lowest BCUT2D eigenvalue weighted by Gasteiger charge is -2.17. The average Bonchev–Trinajstić information content (AvgIpc) is 2.31. The maximum atomic E-state index is 11.9. The smallest absolute Gasteiger partial charge is 0.416 e. The Bertz CT molecular complexity index is 362. The topological polar surface area (TPSA) is 46.6 Å². The molecule has 0 atom stereocenters. The standard InChI is InChI=1S/C12H15NO3/c1-3-13(12(15)16-4-2)11(14)10-8-6-5-7-9-10/h5-9H,3-4H2,1-2H3. The number of carbonyl (C=O) groups is 2. The molecule has 1 aromatic rings. The Labute approximate surface area is 94.8 Å². The summed E-state index contributed by atoms with van der Waals surface area (Å²) in [4.78, 5) is 24.5. The number of rotatable bonds is 3. The van der Waals surface area contributed by atoms with Crippen molar-refractivity contribution in [2.75, 3.05) is 13.2 Å². The van der Waals surface area contributed by atoms with E-state index in [0.29, 0.717) is 12.1 Å². The first-order chi connectivity index (χ1) is 7.70. The molecule has 86 valence electrons. The fourth-order valence-electron chi connectivity index (χ4n) is 1.29. The van der Waals surface area contributed by atoms with Gasteiger partial charge in [0.1, 0.15) is 0 Å². The highest BCUT2D eigenvalue weighted by atomic mass is 16.6. The van der Waals surface area contributed by atoms with Crippen molar-refractivity contribution < 1.29 is 14.3 Å². The zero-order chi connectivity index (χ0) is 12.0.